The lowest BCUT2D eigenvalue weighted by Gasteiger charge is -2.25. The Morgan fingerprint density at radius 2 is 2.00 bits per heavy atom. The van der Waals surface area contributed by atoms with E-state index in [1.165, 1.54) is 0 Å². The molecule has 0 aliphatic carbocycles. The van der Waals surface area contributed by atoms with Gasteiger partial charge in [-0.05, 0) is 25.7 Å². The summed E-state index contributed by atoms with van der Waals surface area (Å²) in [6.07, 6.45) is 3.82. The minimum atomic E-state index is -0.401. The maximum Gasteiger partial charge on any atom is 0.235 e. The summed E-state index contributed by atoms with van der Waals surface area (Å²) in [5, 5.41) is 2.75. The van der Waals surface area contributed by atoms with Crippen molar-refractivity contribution in [2.75, 3.05) is 19.6 Å². The Bertz CT molecular complexity index is 247. The van der Waals surface area contributed by atoms with Gasteiger partial charge >= 0.3 is 0 Å². The number of likely N-dealkylation sites (tertiary alicyclic amines) is 1. The first-order chi connectivity index (χ1) is 6.79. The van der Waals surface area contributed by atoms with E-state index in [9.17, 15) is 9.59 Å². The molecule has 2 fully saturated rings. The van der Waals surface area contributed by atoms with Crippen molar-refractivity contribution < 1.29 is 9.59 Å². The predicted molar refractivity (Wildman–Crippen MR) is 51.5 cm³/mol. The SMILES string of the molecule is O=C1NCCC[C@H]1C(=O)N1CCCC1. The zero-order valence-corrected chi connectivity index (χ0v) is 8.29. The highest BCUT2D eigenvalue weighted by molar-refractivity contribution is 6.00. The Morgan fingerprint density at radius 3 is 2.64 bits per heavy atom. The number of carbonyl (C=O) groups excluding carboxylic acids is 2. The van der Waals surface area contributed by atoms with Crippen LogP contribution in [0.2, 0.25) is 0 Å². The molecular formula is C10H16N2O2. The van der Waals surface area contributed by atoms with Gasteiger partial charge < -0.3 is 10.2 Å². The van der Waals surface area contributed by atoms with Gasteiger partial charge in [-0.2, -0.15) is 0 Å². The Balaban J connectivity index is 1.98. The first-order valence-electron chi connectivity index (χ1n) is 5.35. The lowest BCUT2D eigenvalue weighted by molar-refractivity contribution is -0.142. The second-order valence-electron chi connectivity index (χ2n) is 4.02. The topological polar surface area (TPSA) is 49.4 Å². The summed E-state index contributed by atoms with van der Waals surface area (Å²) in [6.45, 7) is 2.40. The minimum absolute atomic E-state index is 0.0414. The van der Waals surface area contributed by atoms with Crippen LogP contribution in [-0.4, -0.2) is 36.3 Å². The van der Waals surface area contributed by atoms with Crippen molar-refractivity contribution in [1.82, 2.24) is 10.2 Å². The quantitative estimate of drug-likeness (QED) is 0.606. The Labute approximate surface area is 83.6 Å². The van der Waals surface area contributed by atoms with Crippen LogP contribution in [0.25, 0.3) is 0 Å². The molecule has 78 valence electrons. The standard InChI is InChI=1S/C10H16N2O2/c13-9-8(4-3-5-11-9)10(14)12-6-1-2-7-12/h8H,1-7H2,(H,11,13)/t8-/m1/s1. The molecule has 0 saturated carbocycles. The number of piperidine rings is 1. The van der Waals surface area contributed by atoms with E-state index in [1.807, 2.05) is 4.90 Å². The molecule has 4 heteroatoms. The van der Waals surface area contributed by atoms with E-state index in [0.29, 0.717) is 0 Å². The second-order valence-corrected chi connectivity index (χ2v) is 4.02. The smallest absolute Gasteiger partial charge is 0.235 e. The molecule has 2 aliphatic rings. The number of hydrogen-bond donors (Lipinski definition) is 1. The third-order valence-electron chi connectivity index (χ3n) is 3.00. The van der Waals surface area contributed by atoms with Crippen molar-refractivity contribution >= 4 is 11.8 Å². The summed E-state index contributed by atoms with van der Waals surface area (Å²) in [4.78, 5) is 25.1. The molecule has 2 aliphatic heterocycles. The van der Waals surface area contributed by atoms with Crippen LogP contribution in [0.15, 0.2) is 0 Å². The third-order valence-corrected chi connectivity index (χ3v) is 3.00. The van der Waals surface area contributed by atoms with Crippen LogP contribution in [-0.2, 0) is 9.59 Å². The Morgan fingerprint density at radius 1 is 1.29 bits per heavy atom. The van der Waals surface area contributed by atoms with E-state index < -0.39 is 5.92 Å². The summed E-state index contributed by atoms with van der Waals surface area (Å²) in [7, 11) is 0. The molecule has 1 atom stereocenters. The fourth-order valence-corrected chi connectivity index (χ4v) is 2.17. The van der Waals surface area contributed by atoms with Crippen LogP contribution in [0.1, 0.15) is 25.7 Å². The molecule has 0 unspecified atom stereocenters. The average Bonchev–Trinajstić information content (AvgIpc) is 2.70. The summed E-state index contributed by atoms with van der Waals surface area (Å²) < 4.78 is 0. The van der Waals surface area contributed by atoms with Gasteiger partial charge in [-0.15, -0.1) is 0 Å². The number of amides is 2. The number of carbonyl (C=O) groups is 2. The van der Waals surface area contributed by atoms with Gasteiger partial charge in [-0.3, -0.25) is 9.59 Å². The van der Waals surface area contributed by atoms with Gasteiger partial charge in [0.05, 0.1) is 0 Å². The minimum Gasteiger partial charge on any atom is -0.355 e. The molecule has 1 N–H and O–H groups in total. The molecule has 0 aromatic carbocycles. The highest BCUT2D eigenvalue weighted by Gasteiger charge is 2.33. The van der Waals surface area contributed by atoms with Crippen molar-refractivity contribution in [1.29, 1.82) is 0 Å². The Hall–Kier alpha value is -1.06. The fraction of sp³-hybridized carbons (Fsp3) is 0.800. The van der Waals surface area contributed by atoms with Crippen molar-refractivity contribution in [3.63, 3.8) is 0 Å². The molecule has 0 bridgehead atoms. The van der Waals surface area contributed by atoms with Gasteiger partial charge in [0.25, 0.3) is 0 Å². The van der Waals surface area contributed by atoms with Gasteiger partial charge in [-0.1, -0.05) is 0 Å². The first-order valence-corrected chi connectivity index (χ1v) is 5.35. The zero-order valence-electron chi connectivity index (χ0n) is 8.29. The lowest BCUT2D eigenvalue weighted by Crippen LogP contribution is -2.45. The van der Waals surface area contributed by atoms with Crippen LogP contribution < -0.4 is 5.32 Å². The molecule has 14 heavy (non-hydrogen) atoms. The maximum atomic E-state index is 11.9. The highest BCUT2D eigenvalue weighted by atomic mass is 16.2. The van der Waals surface area contributed by atoms with Gasteiger partial charge in [0.1, 0.15) is 5.92 Å². The number of rotatable bonds is 1. The fourth-order valence-electron chi connectivity index (χ4n) is 2.17. The van der Waals surface area contributed by atoms with E-state index in [1.54, 1.807) is 0 Å². The number of hydrogen-bond acceptors (Lipinski definition) is 2. The molecule has 0 radical (unpaired) electrons. The number of nitrogens with zero attached hydrogens (tertiary/aromatic N) is 1. The molecule has 0 aromatic rings. The normalized spacial score (nSPS) is 27.6. The van der Waals surface area contributed by atoms with Crippen LogP contribution in [0.5, 0.6) is 0 Å². The third kappa shape index (κ3) is 1.74. The average molecular weight is 196 g/mol. The summed E-state index contributed by atoms with van der Waals surface area (Å²) in [5.41, 5.74) is 0. The molecule has 4 nitrogen and oxygen atoms in total. The monoisotopic (exact) mass is 196 g/mol. The molecule has 2 amide bonds. The van der Waals surface area contributed by atoms with Crippen LogP contribution in [0, 0.1) is 5.92 Å². The van der Waals surface area contributed by atoms with E-state index in [-0.39, 0.29) is 11.8 Å². The largest absolute Gasteiger partial charge is 0.355 e. The summed E-state index contributed by atoms with van der Waals surface area (Å²) in [6, 6.07) is 0. The van der Waals surface area contributed by atoms with Crippen LogP contribution in [0.4, 0.5) is 0 Å². The van der Waals surface area contributed by atoms with Gasteiger partial charge in [0, 0.05) is 19.6 Å². The van der Waals surface area contributed by atoms with Crippen molar-refractivity contribution in [2.24, 2.45) is 5.92 Å². The summed E-state index contributed by atoms with van der Waals surface area (Å²) in [5.74, 6) is -0.435. The van der Waals surface area contributed by atoms with Crippen molar-refractivity contribution in [2.45, 2.75) is 25.7 Å². The van der Waals surface area contributed by atoms with E-state index in [2.05, 4.69) is 5.32 Å². The van der Waals surface area contributed by atoms with Gasteiger partial charge in [0.2, 0.25) is 11.8 Å². The molecule has 2 rings (SSSR count). The Kier molecular flexibility index (Phi) is 2.70. The van der Waals surface area contributed by atoms with Crippen LogP contribution in [0.3, 0.4) is 0 Å². The van der Waals surface area contributed by atoms with Crippen molar-refractivity contribution in [3.8, 4) is 0 Å². The highest BCUT2D eigenvalue weighted by Crippen LogP contribution is 2.18. The van der Waals surface area contributed by atoms with Crippen LogP contribution >= 0.6 is 0 Å². The molecule has 0 spiro atoms. The predicted octanol–water partition coefficient (Wildman–Crippen LogP) is 0.135. The first kappa shape index (κ1) is 9.49. The lowest BCUT2D eigenvalue weighted by atomic mass is 9.97. The second kappa shape index (κ2) is 3.98. The molecule has 0 aromatic heterocycles. The van der Waals surface area contributed by atoms with E-state index >= 15 is 0 Å². The number of nitrogens with one attached hydrogen (secondary N) is 1. The molecule has 2 saturated heterocycles. The summed E-state index contributed by atoms with van der Waals surface area (Å²) >= 11 is 0. The van der Waals surface area contributed by atoms with Gasteiger partial charge in [0.15, 0.2) is 0 Å². The van der Waals surface area contributed by atoms with E-state index in [0.717, 1.165) is 45.3 Å². The van der Waals surface area contributed by atoms with Gasteiger partial charge in [-0.25, -0.2) is 0 Å². The maximum absolute atomic E-state index is 11.9. The van der Waals surface area contributed by atoms with Crippen molar-refractivity contribution in [3.05, 3.63) is 0 Å². The molecule has 2 heterocycles. The zero-order chi connectivity index (χ0) is 9.97. The molecular weight excluding hydrogens is 180 g/mol. The van der Waals surface area contributed by atoms with E-state index in [4.69, 9.17) is 0 Å².